The number of aliphatic carboxylic acids is 1. The van der Waals surface area contributed by atoms with Crippen molar-refractivity contribution in [1.29, 1.82) is 0 Å². The molecule has 1 aliphatic rings. The second-order valence-electron chi connectivity index (χ2n) is 5.81. The molecule has 0 radical (unpaired) electrons. The highest BCUT2D eigenvalue weighted by atomic mass is 79.9. The van der Waals surface area contributed by atoms with Crippen molar-refractivity contribution >= 4 is 32.8 Å². The van der Waals surface area contributed by atoms with Crippen LogP contribution in [0.4, 0.5) is 0 Å². The van der Waals surface area contributed by atoms with E-state index >= 15 is 0 Å². The molecule has 23 heavy (non-hydrogen) atoms. The predicted octanol–water partition coefficient (Wildman–Crippen LogP) is 3.62. The van der Waals surface area contributed by atoms with Crippen LogP contribution in [0.2, 0.25) is 0 Å². The Morgan fingerprint density at radius 3 is 2.78 bits per heavy atom. The molecular formula is C18H15BrN2O2. The lowest BCUT2D eigenvalue weighted by Crippen LogP contribution is -2.44. The van der Waals surface area contributed by atoms with Gasteiger partial charge in [0, 0.05) is 27.5 Å². The lowest BCUT2D eigenvalue weighted by Gasteiger charge is -2.29. The summed E-state index contributed by atoms with van der Waals surface area (Å²) in [7, 11) is 0. The van der Waals surface area contributed by atoms with Crippen LogP contribution in [-0.2, 0) is 11.2 Å². The Morgan fingerprint density at radius 2 is 2.00 bits per heavy atom. The number of aromatic amines is 1. The molecule has 0 saturated heterocycles. The highest BCUT2D eigenvalue weighted by Crippen LogP contribution is 2.35. The van der Waals surface area contributed by atoms with E-state index in [-0.39, 0.29) is 6.04 Å². The molecule has 0 saturated carbocycles. The van der Waals surface area contributed by atoms with E-state index in [1.165, 1.54) is 0 Å². The maximum atomic E-state index is 11.6. The predicted molar refractivity (Wildman–Crippen MR) is 92.5 cm³/mol. The molecule has 0 amide bonds. The highest BCUT2D eigenvalue weighted by Gasteiger charge is 2.33. The van der Waals surface area contributed by atoms with Gasteiger partial charge in [0.1, 0.15) is 6.04 Å². The van der Waals surface area contributed by atoms with Crippen LogP contribution in [0, 0.1) is 0 Å². The standard InChI is InChI=1S/C18H15BrN2O2/c19-11-5-3-4-10(8-11)16-17-13(9-15(21-16)18(22)23)12-6-1-2-7-14(12)20-17/h1-8,15-16,20-21H,9H2,(H,22,23)/t15-,16?/m0/s1. The first-order valence-corrected chi connectivity index (χ1v) is 8.26. The number of carboxylic acids is 1. The SMILES string of the molecule is O=C(O)[C@@H]1Cc2c([nH]c3ccccc23)C(c2cccc(Br)c2)N1. The van der Waals surface area contributed by atoms with E-state index in [9.17, 15) is 9.90 Å². The number of hydrogen-bond donors (Lipinski definition) is 3. The summed E-state index contributed by atoms with van der Waals surface area (Å²) in [5.41, 5.74) is 4.24. The summed E-state index contributed by atoms with van der Waals surface area (Å²) in [5.74, 6) is -0.819. The summed E-state index contributed by atoms with van der Waals surface area (Å²) < 4.78 is 0.979. The van der Waals surface area contributed by atoms with E-state index in [1.54, 1.807) is 0 Å². The van der Waals surface area contributed by atoms with Crippen molar-refractivity contribution in [2.24, 2.45) is 0 Å². The topological polar surface area (TPSA) is 65.1 Å². The molecule has 1 aromatic heterocycles. The minimum atomic E-state index is -0.819. The quantitative estimate of drug-likeness (QED) is 0.645. The number of carbonyl (C=O) groups is 1. The maximum Gasteiger partial charge on any atom is 0.321 e. The second kappa shape index (κ2) is 5.51. The Balaban J connectivity index is 1.91. The number of rotatable bonds is 2. The van der Waals surface area contributed by atoms with Crippen LogP contribution in [0.5, 0.6) is 0 Å². The maximum absolute atomic E-state index is 11.6. The second-order valence-corrected chi connectivity index (χ2v) is 6.73. The fourth-order valence-electron chi connectivity index (χ4n) is 3.34. The van der Waals surface area contributed by atoms with Gasteiger partial charge in [0.2, 0.25) is 0 Å². The van der Waals surface area contributed by atoms with Gasteiger partial charge in [-0.15, -0.1) is 0 Å². The van der Waals surface area contributed by atoms with Crippen LogP contribution < -0.4 is 5.32 Å². The third-order valence-corrected chi connectivity index (χ3v) is 4.88. The van der Waals surface area contributed by atoms with Crippen molar-refractivity contribution in [1.82, 2.24) is 10.3 Å². The van der Waals surface area contributed by atoms with Crippen LogP contribution in [0.15, 0.2) is 53.0 Å². The fraction of sp³-hybridized carbons (Fsp3) is 0.167. The summed E-state index contributed by atoms with van der Waals surface area (Å²) in [6.07, 6.45) is 0.485. The molecule has 4 nitrogen and oxygen atoms in total. The molecule has 1 unspecified atom stereocenters. The van der Waals surface area contributed by atoms with Crippen molar-refractivity contribution in [3.63, 3.8) is 0 Å². The third kappa shape index (κ3) is 2.46. The van der Waals surface area contributed by atoms with E-state index in [0.29, 0.717) is 6.42 Å². The molecule has 0 bridgehead atoms. The average molecular weight is 371 g/mol. The van der Waals surface area contributed by atoms with Crippen LogP contribution in [-0.4, -0.2) is 22.1 Å². The molecule has 116 valence electrons. The molecule has 0 aliphatic carbocycles. The minimum Gasteiger partial charge on any atom is -0.480 e. The first kappa shape index (κ1) is 14.5. The highest BCUT2D eigenvalue weighted by molar-refractivity contribution is 9.10. The number of para-hydroxylation sites is 1. The van der Waals surface area contributed by atoms with Gasteiger partial charge in [-0.25, -0.2) is 0 Å². The van der Waals surface area contributed by atoms with Crippen LogP contribution in [0.25, 0.3) is 10.9 Å². The summed E-state index contributed by atoms with van der Waals surface area (Å²) in [5, 5.41) is 13.9. The Morgan fingerprint density at radius 1 is 1.17 bits per heavy atom. The van der Waals surface area contributed by atoms with E-state index in [1.807, 2.05) is 48.5 Å². The number of nitrogens with one attached hydrogen (secondary N) is 2. The Bertz CT molecular complexity index is 903. The van der Waals surface area contributed by atoms with Gasteiger partial charge < -0.3 is 10.1 Å². The summed E-state index contributed by atoms with van der Waals surface area (Å²) in [6, 6.07) is 15.3. The van der Waals surface area contributed by atoms with Gasteiger partial charge >= 0.3 is 5.97 Å². The molecule has 4 rings (SSSR count). The van der Waals surface area contributed by atoms with Gasteiger partial charge in [-0.1, -0.05) is 46.3 Å². The molecule has 5 heteroatoms. The van der Waals surface area contributed by atoms with Gasteiger partial charge in [-0.2, -0.15) is 0 Å². The Kier molecular flexibility index (Phi) is 3.47. The first-order chi connectivity index (χ1) is 11.1. The Labute approximate surface area is 141 Å². The molecule has 3 N–H and O–H groups in total. The molecular weight excluding hydrogens is 356 g/mol. The van der Waals surface area contributed by atoms with Gasteiger partial charge in [-0.05, 0) is 29.3 Å². The van der Waals surface area contributed by atoms with Gasteiger partial charge in [-0.3, -0.25) is 10.1 Å². The molecule has 0 spiro atoms. The van der Waals surface area contributed by atoms with Crippen LogP contribution in [0.3, 0.4) is 0 Å². The molecule has 2 atom stereocenters. The van der Waals surface area contributed by atoms with E-state index in [0.717, 1.165) is 32.2 Å². The number of carboxylic acid groups (broad SMARTS) is 1. The average Bonchev–Trinajstić information content (AvgIpc) is 2.92. The van der Waals surface area contributed by atoms with Crippen LogP contribution in [0.1, 0.15) is 22.9 Å². The van der Waals surface area contributed by atoms with Crippen molar-refractivity contribution in [3.8, 4) is 0 Å². The molecule has 2 heterocycles. The van der Waals surface area contributed by atoms with E-state index < -0.39 is 12.0 Å². The summed E-state index contributed by atoms with van der Waals surface area (Å²) in [6.45, 7) is 0. The fourth-order valence-corrected chi connectivity index (χ4v) is 3.76. The van der Waals surface area contributed by atoms with Gasteiger partial charge in [0.05, 0.1) is 6.04 Å². The normalized spacial score (nSPS) is 20.4. The smallest absolute Gasteiger partial charge is 0.321 e. The zero-order chi connectivity index (χ0) is 16.0. The molecule has 0 fully saturated rings. The number of H-pyrrole nitrogens is 1. The monoisotopic (exact) mass is 370 g/mol. The number of benzene rings is 2. The summed E-state index contributed by atoms with van der Waals surface area (Å²) in [4.78, 5) is 15.1. The summed E-state index contributed by atoms with van der Waals surface area (Å²) >= 11 is 3.49. The number of hydrogen-bond acceptors (Lipinski definition) is 2. The number of fused-ring (bicyclic) bond motifs is 3. The van der Waals surface area contributed by atoms with Gasteiger partial charge in [0.15, 0.2) is 0 Å². The van der Waals surface area contributed by atoms with E-state index in [4.69, 9.17) is 0 Å². The molecule has 2 aromatic carbocycles. The minimum absolute atomic E-state index is 0.162. The Hall–Kier alpha value is -2.11. The van der Waals surface area contributed by atoms with E-state index in [2.05, 4.69) is 26.2 Å². The van der Waals surface area contributed by atoms with Crippen molar-refractivity contribution in [2.45, 2.75) is 18.5 Å². The van der Waals surface area contributed by atoms with Gasteiger partial charge in [0.25, 0.3) is 0 Å². The largest absolute Gasteiger partial charge is 0.480 e. The lowest BCUT2D eigenvalue weighted by molar-refractivity contribution is -0.139. The van der Waals surface area contributed by atoms with Crippen molar-refractivity contribution < 1.29 is 9.90 Å². The van der Waals surface area contributed by atoms with Crippen molar-refractivity contribution in [2.75, 3.05) is 0 Å². The molecule has 1 aliphatic heterocycles. The number of halogens is 1. The number of aromatic nitrogens is 1. The third-order valence-electron chi connectivity index (χ3n) is 4.39. The lowest BCUT2D eigenvalue weighted by atomic mass is 9.90. The first-order valence-electron chi connectivity index (χ1n) is 7.47. The zero-order valence-corrected chi connectivity index (χ0v) is 13.8. The van der Waals surface area contributed by atoms with Crippen LogP contribution >= 0.6 is 15.9 Å². The zero-order valence-electron chi connectivity index (χ0n) is 12.2. The molecule has 3 aromatic rings. The van der Waals surface area contributed by atoms with Crippen molar-refractivity contribution in [3.05, 3.63) is 69.8 Å².